The van der Waals surface area contributed by atoms with Crippen molar-refractivity contribution in [2.75, 3.05) is 7.11 Å². The van der Waals surface area contributed by atoms with E-state index in [1.54, 1.807) is 0 Å². The van der Waals surface area contributed by atoms with Gasteiger partial charge in [0, 0.05) is 6.42 Å². The van der Waals surface area contributed by atoms with Crippen molar-refractivity contribution >= 4 is 13.1 Å². The van der Waals surface area contributed by atoms with Crippen LogP contribution in [0.15, 0.2) is 12.1 Å². The molecule has 0 aromatic rings. The molecule has 96 valence electrons. The molecule has 0 N–H and O–H groups in total. The number of esters is 1. The molecule has 0 bridgehead atoms. The molecule has 0 atom stereocenters. The first-order chi connectivity index (χ1) is 7.78. The topological polar surface area (TPSA) is 44.8 Å². The molecule has 0 aromatic heterocycles. The van der Waals surface area contributed by atoms with Crippen LogP contribution in [-0.4, -0.2) is 31.4 Å². The monoisotopic (exact) mass is 240 g/mol. The van der Waals surface area contributed by atoms with Crippen LogP contribution in [0, 0.1) is 0 Å². The molecule has 0 spiro atoms. The lowest BCUT2D eigenvalue weighted by molar-refractivity contribution is -0.140. The molecule has 0 amide bonds. The molecule has 17 heavy (non-hydrogen) atoms. The lowest BCUT2D eigenvalue weighted by Crippen LogP contribution is -2.41. The van der Waals surface area contributed by atoms with E-state index in [0.717, 1.165) is 0 Å². The van der Waals surface area contributed by atoms with Gasteiger partial charge >= 0.3 is 13.1 Å². The summed E-state index contributed by atoms with van der Waals surface area (Å²) in [5.74, 6) is 1.64. The van der Waals surface area contributed by atoms with E-state index in [1.165, 1.54) is 7.11 Å². The SMILES string of the molecule is COC(=O)CC/C=C/B1OC(C)(C)C(C)(C)O1. The number of rotatable bonds is 4. The summed E-state index contributed by atoms with van der Waals surface area (Å²) in [5, 5.41) is 0. The third kappa shape index (κ3) is 3.58. The van der Waals surface area contributed by atoms with Crippen molar-refractivity contribution in [3.05, 3.63) is 12.1 Å². The first kappa shape index (κ1) is 14.3. The van der Waals surface area contributed by atoms with Crippen molar-refractivity contribution < 1.29 is 18.8 Å². The Morgan fingerprint density at radius 2 is 1.76 bits per heavy atom. The largest absolute Gasteiger partial charge is 0.486 e. The summed E-state index contributed by atoms with van der Waals surface area (Å²) in [4.78, 5) is 10.9. The summed E-state index contributed by atoms with van der Waals surface area (Å²) in [5.41, 5.74) is -0.630. The molecule has 1 rings (SSSR count). The molecule has 0 aromatic carbocycles. The Labute approximate surface area is 103 Å². The zero-order chi connectivity index (χ0) is 13.1. The van der Waals surface area contributed by atoms with Crippen LogP contribution in [0.1, 0.15) is 40.5 Å². The third-order valence-corrected chi connectivity index (χ3v) is 3.31. The van der Waals surface area contributed by atoms with E-state index in [0.29, 0.717) is 12.8 Å². The van der Waals surface area contributed by atoms with Gasteiger partial charge in [-0.1, -0.05) is 12.1 Å². The zero-order valence-electron chi connectivity index (χ0n) is 11.3. The van der Waals surface area contributed by atoms with E-state index in [2.05, 4.69) is 4.74 Å². The Kier molecular flexibility index (Phi) is 4.39. The van der Waals surface area contributed by atoms with Crippen molar-refractivity contribution in [1.82, 2.24) is 0 Å². The molecular formula is C12H21BO4. The fraction of sp³-hybridized carbons (Fsp3) is 0.750. The molecule has 0 aliphatic carbocycles. The van der Waals surface area contributed by atoms with E-state index >= 15 is 0 Å². The highest BCUT2D eigenvalue weighted by Gasteiger charge is 2.49. The number of hydrogen-bond acceptors (Lipinski definition) is 4. The lowest BCUT2D eigenvalue weighted by Gasteiger charge is -2.32. The maximum atomic E-state index is 10.9. The molecule has 1 fully saturated rings. The number of allylic oxidation sites excluding steroid dienone is 1. The minimum atomic E-state index is -0.336. The van der Waals surface area contributed by atoms with Gasteiger partial charge in [-0.05, 0) is 34.1 Å². The number of ether oxygens (including phenoxy) is 1. The molecule has 1 aliphatic rings. The number of carbonyl (C=O) groups is 1. The minimum absolute atomic E-state index is 0.205. The molecule has 0 radical (unpaired) electrons. The number of methoxy groups -OCH3 is 1. The highest BCUT2D eigenvalue weighted by molar-refractivity contribution is 6.51. The van der Waals surface area contributed by atoms with Gasteiger partial charge in [0.15, 0.2) is 0 Å². The normalized spacial score (nSPS) is 22.1. The predicted octanol–water partition coefficient (Wildman–Crippen LogP) is 2.13. The summed E-state index contributed by atoms with van der Waals surface area (Å²) < 4.78 is 16.1. The molecule has 0 unspecified atom stereocenters. The second-order valence-corrected chi connectivity index (χ2v) is 5.17. The van der Waals surface area contributed by atoms with Gasteiger partial charge in [-0.2, -0.15) is 0 Å². The van der Waals surface area contributed by atoms with E-state index < -0.39 is 0 Å². The summed E-state index contributed by atoms with van der Waals surface area (Å²) in [6.07, 6.45) is 2.91. The van der Waals surface area contributed by atoms with Crippen LogP contribution in [-0.2, 0) is 18.8 Å². The maximum absolute atomic E-state index is 10.9. The van der Waals surface area contributed by atoms with Crippen LogP contribution in [0.2, 0.25) is 0 Å². The number of carbonyl (C=O) groups excluding carboxylic acids is 1. The van der Waals surface area contributed by atoms with Crippen LogP contribution >= 0.6 is 0 Å². The molecule has 5 heteroatoms. The molecule has 1 heterocycles. The van der Waals surface area contributed by atoms with Gasteiger partial charge in [0.25, 0.3) is 0 Å². The second-order valence-electron chi connectivity index (χ2n) is 5.17. The van der Waals surface area contributed by atoms with E-state index in [-0.39, 0.29) is 24.3 Å². The molecular weight excluding hydrogens is 219 g/mol. The third-order valence-electron chi connectivity index (χ3n) is 3.31. The van der Waals surface area contributed by atoms with Crippen LogP contribution in [0.4, 0.5) is 0 Å². The summed E-state index contributed by atoms with van der Waals surface area (Å²) in [6, 6.07) is 0. The van der Waals surface area contributed by atoms with E-state index in [4.69, 9.17) is 9.31 Å². The minimum Gasteiger partial charge on any atom is -0.469 e. The van der Waals surface area contributed by atoms with Crippen molar-refractivity contribution in [1.29, 1.82) is 0 Å². The Bertz CT molecular complexity index is 294. The molecule has 0 saturated carbocycles. The van der Waals surface area contributed by atoms with Gasteiger partial charge < -0.3 is 14.0 Å². The molecule has 1 saturated heterocycles. The van der Waals surface area contributed by atoms with Crippen molar-refractivity contribution in [3.63, 3.8) is 0 Å². The smallest absolute Gasteiger partial charge is 0.469 e. The molecule has 4 nitrogen and oxygen atoms in total. The first-order valence-electron chi connectivity index (χ1n) is 5.87. The highest BCUT2D eigenvalue weighted by atomic mass is 16.7. The van der Waals surface area contributed by atoms with Crippen LogP contribution in [0.3, 0.4) is 0 Å². The standard InChI is InChI=1S/C12H21BO4/c1-11(2)12(3,4)17-13(16-11)9-7-6-8-10(14)15-5/h7,9H,6,8H2,1-5H3/b9-7+. The van der Waals surface area contributed by atoms with Crippen molar-refractivity contribution in [3.8, 4) is 0 Å². The quantitative estimate of drug-likeness (QED) is 0.557. The maximum Gasteiger partial charge on any atom is 0.486 e. The van der Waals surface area contributed by atoms with E-state index in [9.17, 15) is 4.79 Å². The summed E-state index contributed by atoms with van der Waals surface area (Å²) in [6.45, 7) is 8.04. The molecule has 1 aliphatic heterocycles. The summed E-state index contributed by atoms with van der Waals surface area (Å²) >= 11 is 0. The fourth-order valence-corrected chi connectivity index (χ4v) is 1.48. The fourth-order valence-electron chi connectivity index (χ4n) is 1.48. The van der Waals surface area contributed by atoms with Gasteiger partial charge in [0.2, 0.25) is 0 Å². The van der Waals surface area contributed by atoms with Gasteiger partial charge in [0.05, 0.1) is 18.3 Å². The van der Waals surface area contributed by atoms with Gasteiger partial charge in [0.1, 0.15) is 0 Å². The van der Waals surface area contributed by atoms with Crippen LogP contribution < -0.4 is 0 Å². The van der Waals surface area contributed by atoms with Crippen molar-refractivity contribution in [2.45, 2.75) is 51.7 Å². The summed E-state index contributed by atoms with van der Waals surface area (Å²) in [7, 11) is 1.05. The Morgan fingerprint density at radius 1 is 1.24 bits per heavy atom. The predicted molar refractivity (Wildman–Crippen MR) is 66.5 cm³/mol. The van der Waals surface area contributed by atoms with Gasteiger partial charge in [-0.15, -0.1) is 0 Å². The first-order valence-corrected chi connectivity index (χ1v) is 5.87. The zero-order valence-corrected chi connectivity index (χ0v) is 11.3. The lowest BCUT2D eigenvalue weighted by atomic mass is 9.89. The number of hydrogen-bond donors (Lipinski definition) is 0. The van der Waals surface area contributed by atoms with Crippen molar-refractivity contribution in [2.24, 2.45) is 0 Å². The Morgan fingerprint density at radius 3 is 2.24 bits per heavy atom. The Balaban J connectivity index is 2.40. The van der Waals surface area contributed by atoms with Crippen LogP contribution in [0.5, 0.6) is 0 Å². The van der Waals surface area contributed by atoms with E-state index in [1.807, 2.05) is 39.7 Å². The average Bonchev–Trinajstić information content (AvgIpc) is 2.42. The average molecular weight is 240 g/mol. The van der Waals surface area contributed by atoms with Crippen LogP contribution in [0.25, 0.3) is 0 Å². The van der Waals surface area contributed by atoms with Gasteiger partial charge in [-0.3, -0.25) is 4.79 Å². The van der Waals surface area contributed by atoms with Gasteiger partial charge in [-0.25, -0.2) is 0 Å². The Hall–Kier alpha value is -0.805. The highest BCUT2D eigenvalue weighted by Crippen LogP contribution is 2.36. The second kappa shape index (κ2) is 5.23.